The fraction of sp³-hybridized carbons (Fsp3) is 0.389. The quantitative estimate of drug-likeness (QED) is 0.643. The van der Waals surface area contributed by atoms with Crippen LogP contribution in [-0.2, 0) is 24.3 Å². The molecule has 2 aromatic rings. The molecule has 0 saturated carbocycles. The molecule has 7 heteroatoms. The highest BCUT2D eigenvalue weighted by Gasteiger charge is 2.21. The molecular weight excluding hydrogens is 318 g/mol. The largest absolute Gasteiger partial charge is 0.347 e. The van der Waals surface area contributed by atoms with Gasteiger partial charge < -0.3 is 16.0 Å². The van der Waals surface area contributed by atoms with E-state index in [0.717, 1.165) is 41.9 Å². The van der Waals surface area contributed by atoms with Crippen molar-refractivity contribution in [3.8, 4) is 0 Å². The van der Waals surface area contributed by atoms with Gasteiger partial charge in [0, 0.05) is 49.4 Å². The highest BCUT2D eigenvalue weighted by atomic mass is 16.2. The summed E-state index contributed by atoms with van der Waals surface area (Å²) in [5.74, 6) is -0.165. The van der Waals surface area contributed by atoms with Gasteiger partial charge in [-0.1, -0.05) is 19.1 Å². The lowest BCUT2D eigenvalue weighted by molar-refractivity contribution is -0.116. The molecule has 0 atom stereocenters. The molecule has 0 spiro atoms. The van der Waals surface area contributed by atoms with Crippen molar-refractivity contribution in [3.63, 3.8) is 0 Å². The van der Waals surface area contributed by atoms with E-state index in [1.807, 2.05) is 31.2 Å². The van der Waals surface area contributed by atoms with Gasteiger partial charge in [-0.3, -0.25) is 14.7 Å². The van der Waals surface area contributed by atoms with Gasteiger partial charge in [0.1, 0.15) is 0 Å². The molecule has 0 fully saturated rings. The minimum Gasteiger partial charge on any atom is -0.347 e. The standard InChI is InChI=1S/C18H23N5O2/c1-2-3-16(24)21-13-6-4-12(5-7-13)10-20-18(25)17-14-11-19-9-8-15(14)22-23-17/h4-7,19H,2-3,8-11H2,1H3,(H,20,25)(H,21,24)(H,22,23). The summed E-state index contributed by atoms with van der Waals surface area (Å²) in [4.78, 5) is 23.9. The first-order valence-corrected chi connectivity index (χ1v) is 8.61. The number of fused-ring (bicyclic) bond motifs is 1. The van der Waals surface area contributed by atoms with Crippen molar-refractivity contribution in [1.29, 1.82) is 0 Å². The fourth-order valence-corrected chi connectivity index (χ4v) is 2.84. The summed E-state index contributed by atoms with van der Waals surface area (Å²) >= 11 is 0. The maximum atomic E-state index is 12.4. The summed E-state index contributed by atoms with van der Waals surface area (Å²) in [5.41, 5.74) is 4.18. The molecule has 1 aliphatic heterocycles. The number of hydrogen-bond acceptors (Lipinski definition) is 4. The number of aromatic amines is 1. The summed E-state index contributed by atoms with van der Waals surface area (Å²) in [6, 6.07) is 7.47. The third-order valence-electron chi connectivity index (χ3n) is 4.19. The van der Waals surface area contributed by atoms with Crippen molar-refractivity contribution >= 4 is 17.5 Å². The molecule has 4 N–H and O–H groups in total. The first-order valence-electron chi connectivity index (χ1n) is 8.61. The summed E-state index contributed by atoms with van der Waals surface area (Å²) in [6.45, 7) is 3.95. The van der Waals surface area contributed by atoms with E-state index in [4.69, 9.17) is 0 Å². The van der Waals surface area contributed by atoms with Gasteiger partial charge in [0.25, 0.3) is 5.91 Å². The fourth-order valence-electron chi connectivity index (χ4n) is 2.84. The molecule has 1 aromatic carbocycles. The normalized spacial score (nSPS) is 13.2. The summed E-state index contributed by atoms with van der Waals surface area (Å²) in [5, 5.41) is 16.1. The van der Waals surface area contributed by atoms with Gasteiger partial charge in [0.15, 0.2) is 5.69 Å². The predicted octanol–water partition coefficient (Wildman–Crippen LogP) is 1.72. The van der Waals surface area contributed by atoms with E-state index >= 15 is 0 Å². The minimum atomic E-state index is -0.179. The third kappa shape index (κ3) is 4.24. The van der Waals surface area contributed by atoms with Crippen LogP contribution in [0, 0.1) is 0 Å². The van der Waals surface area contributed by atoms with Gasteiger partial charge in [-0.15, -0.1) is 0 Å². The van der Waals surface area contributed by atoms with E-state index in [2.05, 4.69) is 26.1 Å². The van der Waals surface area contributed by atoms with E-state index in [-0.39, 0.29) is 11.8 Å². The summed E-state index contributed by atoms with van der Waals surface area (Å²) < 4.78 is 0. The van der Waals surface area contributed by atoms with Gasteiger partial charge in [-0.25, -0.2) is 0 Å². The number of aromatic nitrogens is 2. The van der Waals surface area contributed by atoms with Crippen molar-refractivity contribution in [2.75, 3.05) is 11.9 Å². The molecule has 2 amide bonds. The Labute approximate surface area is 146 Å². The van der Waals surface area contributed by atoms with Crippen molar-refractivity contribution in [1.82, 2.24) is 20.8 Å². The molecule has 0 radical (unpaired) electrons. The van der Waals surface area contributed by atoms with Crippen molar-refractivity contribution in [3.05, 3.63) is 46.8 Å². The Balaban J connectivity index is 1.55. The van der Waals surface area contributed by atoms with Crippen LogP contribution >= 0.6 is 0 Å². The highest BCUT2D eigenvalue weighted by molar-refractivity contribution is 5.94. The van der Waals surface area contributed by atoms with Gasteiger partial charge in [0.2, 0.25) is 5.91 Å². The number of benzene rings is 1. The van der Waals surface area contributed by atoms with Crippen molar-refractivity contribution in [2.45, 2.75) is 39.3 Å². The lowest BCUT2D eigenvalue weighted by atomic mass is 10.1. The number of amides is 2. The number of rotatable bonds is 6. The Kier molecular flexibility index (Phi) is 5.45. The third-order valence-corrected chi connectivity index (χ3v) is 4.19. The zero-order valence-electron chi connectivity index (χ0n) is 14.3. The SMILES string of the molecule is CCCC(=O)Nc1ccc(CNC(=O)c2n[nH]c3c2CNCC3)cc1. The van der Waals surface area contributed by atoms with Crippen LogP contribution in [0.1, 0.15) is 47.1 Å². The van der Waals surface area contributed by atoms with Crippen LogP contribution < -0.4 is 16.0 Å². The van der Waals surface area contributed by atoms with Crippen LogP contribution in [0.4, 0.5) is 5.69 Å². The summed E-state index contributed by atoms with van der Waals surface area (Å²) in [6.07, 6.45) is 2.20. The molecule has 0 bridgehead atoms. The molecule has 1 aromatic heterocycles. The predicted molar refractivity (Wildman–Crippen MR) is 95.1 cm³/mol. The van der Waals surface area contributed by atoms with Crippen molar-refractivity contribution in [2.24, 2.45) is 0 Å². The van der Waals surface area contributed by atoms with Gasteiger partial charge >= 0.3 is 0 Å². The number of carbonyl (C=O) groups excluding carboxylic acids is 2. The van der Waals surface area contributed by atoms with E-state index in [9.17, 15) is 9.59 Å². The molecule has 7 nitrogen and oxygen atoms in total. The second-order valence-corrected chi connectivity index (χ2v) is 6.13. The Hall–Kier alpha value is -2.67. The maximum absolute atomic E-state index is 12.4. The van der Waals surface area contributed by atoms with Gasteiger partial charge in [-0.05, 0) is 24.1 Å². The molecule has 0 aliphatic carbocycles. The lowest BCUT2D eigenvalue weighted by Gasteiger charge is -2.13. The highest BCUT2D eigenvalue weighted by Crippen LogP contribution is 2.15. The number of nitrogens with zero attached hydrogens (tertiary/aromatic N) is 1. The Morgan fingerprint density at radius 2 is 2.04 bits per heavy atom. The van der Waals surface area contributed by atoms with Crippen LogP contribution in [-0.4, -0.2) is 28.6 Å². The zero-order valence-corrected chi connectivity index (χ0v) is 14.3. The second-order valence-electron chi connectivity index (χ2n) is 6.13. The Morgan fingerprint density at radius 3 is 2.80 bits per heavy atom. The Morgan fingerprint density at radius 1 is 1.24 bits per heavy atom. The molecule has 2 heterocycles. The smallest absolute Gasteiger partial charge is 0.272 e. The average molecular weight is 341 g/mol. The number of H-pyrrole nitrogens is 1. The second kappa shape index (κ2) is 7.94. The minimum absolute atomic E-state index is 0.0143. The number of anilines is 1. The first kappa shape index (κ1) is 17.2. The molecule has 3 rings (SSSR count). The topological polar surface area (TPSA) is 98.9 Å². The number of nitrogens with one attached hydrogen (secondary N) is 4. The van der Waals surface area contributed by atoms with E-state index < -0.39 is 0 Å². The molecule has 0 saturated heterocycles. The molecule has 0 unspecified atom stereocenters. The monoisotopic (exact) mass is 341 g/mol. The van der Waals surface area contributed by atoms with Crippen LogP contribution in [0.3, 0.4) is 0 Å². The van der Waals surface area contributed by atoms with Crippen LogP contribution in [0.25, 0.3) is 0 Å². The van der Waals surface area contributed by atoms with Gasteiger partial charge in [0.05, 0.1) is 0 Å². The Bertz CT molecular complexity index is 751. The first-order chi connectivity index (χ1) is 12.2. The van der Waals surface area contributed by atoms with Crippen LogP contribution in [0.15, 0.2) is 24.3 Å². The van der Waals surface area contributed by atoms with E-state index in [1.54, 1.807) is 0 Å². The van der Waals surface area contributed by atoms with Gasteiger partial charge in [-0.2, -0.15) is 5.10 Å². The average Bonchev–Trinajstić information content (AvgIpc) is 3.05. The number of hydrogen-bond donors (Lipinski definition) is 4. The zero-order chi connectivity index (χ0) is 17.6. The molecular formula is C18H23N5O2. The van der Waals surface area contributed by atoms with E-state index in [0.29, 0.717) is 25.2 Å². The molecule has 1 aliphatic rings. The molecule has 25 heavy (non-hydrogen) atoms. The maximum Gasteiger partial charge on any atom is 0.272 e. The molecule has 132 valence electrons. The lowest BCUT2D eigenvalue weighted by Crippen LogP contribution is -2.28. The van der Waals surface area contributed by atoms with E-state index in [1.165, 1.54) is 0 Å². The summed E-state index contributed by atoms with van der Waals surface area (Å²) in [7, 11) is 0. The van der Waals surface area contributed by atoms with Crippen LogP contribution in [0.5, 0.6) is 0 Å². The van der Waals surface area contributed by atoms with Crippen LogP contribution in [0.2, 0.25) is 0 Å². The number of carbonyl (C=O) groups is 2. The van der Waals surface area contributed by atoms with Crippen molar-refractivity contribution < 1.29 is 9.59 Å².